The number of carbonyl (C=O) groups excluding carboxylic acids is 2. The van der Waals surface area contributed by atoms with E-state index in [1.807, 2.05) is 55.4 Å². The van der Waals surface area contributed by atoms with Gasteiger partial charge in [-0.3, -0.25) is 4.79 Å². The normalized spacial score (nSPS) is 11.5. The Bertz CT molecular complexity index is 356. The van der Waals surface area contributed by atoms with Crippen LogP contribution in [0.1, 0.15) is 83.1 Å². The van der Waals surface area contributed by atoms with Gasteiger partial charge in [-0.1, -0.05) is 89.0 Å². The first kappa shape index (κ1) is 58.0. The van der Waals surface area contributed by atoms with E-state index in [-0.39, 0.29) is 51.1 Å². The SMILES string of the molecule is CC(C)C(C)[O-].CC(C)C=O.CC(C)COC(=O)C(C)C.CC(C)[C@@](C)([O-])O.[OH-].[OH-].[OH-].[OH-].[OH-]. The molecule has 11 heteroatoms. The van der Waals surface area contributed by atoms with Crippen LogP contribution in [0, 0.1) is 29.6 Å². The van der Waals surface area contributed by atoms with Crippen molar-refractivity contribution in [2.75, 3.05) is 6.61 Å². The molecule has 0 radical (unpaired) electrons. The van der Waals surface area contributed by atoms with Crippen LogP contribution in [0.5, 0.6) is 0 Å². The number of hydrogen-bond donors (Lipinski definition) is 1. The van der Waals surface area contributed by atoms with Crippen LogP contribution in [-0.2, 0) is 14.3 Å². The van der Waals surface area contributed by atoms with Crippen LogP contribution in [0.3, 0.4) is 0 Å². The third-order valence-electron chi connectivity index (χ3n) is 3.31. The summed E-state index contributed by atoms with van der Waals surface area (Å²) in [5.41, 5.74) is 0. The van der Waals surface area contributed by atoms with E-state index in [1.54, 1.807) is 20.8 Å². The fraction of sp³-hybridized carbons (Fsp3) is 0.909. The lowest BCUT2D eigenvalue weighted by atomic mass is 10.1. The summed E-state index contributed by atoms with van der Waals surface area (Å²) in [6.07, 6.45) is 0.519. The minimum absolute atomic E-state index is 0. The summed E-state index contributed by atoms with van der Waals surface area (Å²) in [5, 5.41) is 29.1. The third kappa shape index (κ3) is 65.2. The summed E-state index contributed by atoms with van der Waals surface area (Å²) in [4.78, 5) is 20.3. The van der Waals surface area contributed by atoms with Crippen molar-refractivity contribution in [2.45, 2.75) is 95.0 Å². The predicted molar refractivity (Wildman–Crippen MR) is 121 cm³/mol. The molecule has 0 amide bonds. The molecule has 0 spiro atoms. The second kappa shape index (κ2) is 33.0. The Morgan fingerprint density at radius 3 is 1.21 bits per heavy atom. The molecule has 0 saturated heterocycles. The molecule has 0 aromatic rings. The lowest BCUT2D eigenvalue weighted by molar-refractivity contribution is -0.553. The van der Waals surface area contributed by atoms with E-state index in [9.17, 15) is 19.8 Å². The number of aldehydes is 1. The number of hydrogen-bond acceptors (Lipinski definition) is 11. The first-order chi connectivity index (χ1) is 12.4. The van der Waals surface area contributed by atoms with Gasteiger partial charge in [-0.05, 0) is 17.6 Å². The lowest BCUT2D eigenvalue weighted by Gasteiger charge is -2.33. The minimum Gasteiger partial charge on any atom is -0.870 e. The van der Waals surface area contributed by atoms with E-state index >= 15 is 0 Å². The zero-order chi connectivity index (χ0) is 23.7. The van der Waals surface area contributed by atoms with E-state index in [2.05, 4.69) is 0 Å². The summed E-state index contributed by atoms with van der Waals surface area (Å²) < 4.78 is 4.93. The fourth-order valence-corrected chi connectivity index (χ4v) is 0.415. The zero-order valence-electron chi connectivity index (χ0n) is 22.5. The maximum absolute atomic E-state index is 10.8. The van der Waals surface area contributed by atoms with Crippen LogP contribution in [0.15, 0.2) is 0 Å². The van der Waals surface area contributed by atoms with Crippen LogP contribution in [0.4, 0.5) is 0 Å². The van der Waals surface area contributed by atoms with Crippen LogP contribution >= 0.6 is 0 Å². The number of rotatable bonds is 6. The summed E-state index contributed by atoms with van der Waals surface area (Å²) in [7, 11) is 0. The van der Waals surface area contributed by atoms with Crippen molar-refractivity contribution in [2.24, 2.45) is 29.6 Å². The van der Waals surface area contributed by atoms with Crippen LogP contribution in [0.25, 0.3) is 0 Å². The van der Waals surface area contributed by atoms with Crippen LogP contribution in [-0.4, -0.2) is 63.2 Å². The molecular formula is C22H51O11-7. The van der Waals surface area contributed by atoms with Gasteiger partial charge in [0.15, 0.2) is 0 Å². The van der Waals surface area contributed by atoms with Crippen molar-refractivity contribution in [1.82, 2.24) is 0 Å². The molecule has 0 aliphatic rings. The topological polar surface area (TPSA) is 260 Å². The van der Waals surface area contributed by atoms with Gasteiger partial charge in [-0.15, -0.1) is 6.10 Å². The zero-order valence-corrected chi connectivity index (χ0v) is 22.5. The van der Waals surface area contributed by atoms with E-state index in [0.717, 1.165) is 6.29 Å². The van der Waals surface area contributed by atoms with Gasteiger partial charge in [-0.2, -0.15) is 0 Å². The Morgan fingerprint density at radius 1 is 0.879 bits per heavy atom. The van der Waals surface area contributed by atoms with Gasteiger partial charge in [0.25, 0.3) is 0 Å². The minimum atomic E-state index is -1.75. The predicted octanol–water partition coefficient (Wildman–Crippen LogP) is 1.90. The highest BCUT2D eigenvalue weighted by atomic mass is 16.5. The van der Waals surface area contributed by atoms with Crippen LogP contribution in [0.2, 0.25) is 0 Å². The fourth-order valence-electron chi connectivity index (χ4n) is 0.415. The molecule has 0 heterocycles. The second-order valence-corrected chi connectivity index (χ2v) is 8.72. The van der Waals surface area contributed by atoms with Gasteiger partial charge < -0.3 is 52.2 Å². The molecule has 33 heavy (non-hydrogen) atoms. The molecule has 0 aliphatic heterocycles. The Balaban J connectivity index is -0.0000000326. The van der Waals surface area contributed by atoms with Gasteiger partial charge >= 0.3 is 5.97 Å². The monoisotopic (exact) mass is 491 g/mol. The number of ether oxygens (including phenoxy) is 1. The maximum Gasteiger partial charge on any atom is 0.308 e. The highest BCUT2D eigenvalue weighted by Gasteiger charge is 2.08. The molecular weight excluding hydrogens is 440 g/mol. The average Bonchev–Trinajstić information content (AvgIpc) is 2.52. The molecule has 0 rings (SSSR count). The molecule has 1 unspecified atom stereocenters. The summed E-state index contributed by atoms with van der Waals surface area (Å²) in [6, 6.07) is 0. The lowest BCUT2D eigenvalue weighted by Crippen LogP contribution is -2.45. The number of esters is 1. The van der Waals surface area contributed by atoms with E-state index < -0.39 is 11.9 Å². The summed E-state index contributed by atoms with van der Waals surface area (Å²) in [5.74, 6) is -1.12. The standard InChI is InChI=1S/C8H16O2.C5H11O2.C5H11O.C4H8O.5H2O/c1-6(2)5-10-8(9)7(3)4;1-4(2)5(3,6)7;1-4(2)5(3)6;1-4(2)3-5;;;;;/h6-7H,5H2,1-4H3;4,6H,1-3H3;4-5H,1-3H3;3-4H,1-2H3;5*1H2/q;2*-1;;;;;;/p-5/t;5-;;;;;;;/m.1......./s1. The molecule has 0 saturated carbocycles. The van der Waals surface area contributed by atoms with Gasteiger partial charge in [0.05, 0.1) is 12.5 Å². The average molecular weight is 492 g/mol. The molecule has 6 N–H and O–H groups in total. The number of carbonyl (C=O) groups is 2. The first-order valence-corrected chi connectivity index (χ1v) is 10.1. The van der Waals surface area contributed by atoms with Crippen molar-refractivity contribution in [1.29, 1.82) is 0 Å². The Morgan fingerprint density at radius 2 is 1.12 bits per heavy atom. The number of aliphatic hydroxyl groups is 1. The Labute approximate surface area is 201 Å². The highest BCUT2D eigenvalue weighted by Crippen LogP contribution is 2.06. The van der Waals surface area contributed by atoms with E-state index in [0.29, 0.717) is 18.4 Å². The van der Waals surface area contributed by atoms with Crippen LogP contribution < -0.4 is 10.2 Å². The highest BCUT2D eigenvalue weighted by molar-refractivity contribution is 5.71. The van der Waals surface area contributed by atoms with Gasteiger partial charge in [-0.25, -0.2) is 0 Å². The summed E-state index contributed by atoms with van der Waals surface area (Å²) in [6.45, 7) is 22.1. The molecule has 0 fully saturated rings. The van der Waals surface area contributed by atoms with Crippen molar-refractivity contribution < 1.29 is 57.0 Å². The molecule has 0 aliphatic carbocycles. The molecule has 212 valence electrons. The van der Waals surface area contributed by atoms with Gasteiger partial charge in [0.1, 0.15) is 6.29 Å². The van der Waals surface area contributed by atoms with Crippen molar-refractivity contribution in [3.05, 3.63) is 0 Å². The quantitative estimate of drug-likeness (QED) is 0.318. The molecule has 2 atom stereocenters. The second-order valence-electron chi connectivity index (χ2n) is 8.72. The third-order valence-corrected chi connectivity index (χ3v) is 3.31. The Kier molecular flexibility index (Phi) is 58.0. The molecule has 11 nitrogen and oxygen atoms in total. The van der Waals surface area contributed by atoms with E-state index in [1.165, 1.54) is 6.92 Å². The Hall–Kier alpha value is -1.18. The largest absolute Gasteiger partial charge is 0.870 e. The smallest absolute Gasteiger partial charge is 0.308 e. The maximum atomic E-state index is 10.8. The molecule has 0 bridgehead atoms. The first-order valence-electron chi connectivity index (χ1n) is 10.1. The van der Waals surface area contributed by atoms with Crippen molar-refractivity contribution in [3.63, 3.8) is 0 Å². The van der Waals surface area contributed by atoms with E-state index in [4.69, 9.17) is 9.84 Å². The van der Waals surface area contributed by atoms with Gasteiger partial charge in [0, 0.05) is 5.92 Å². The van der Waals surface area contributed by atoms with Crippen molar-refractivity contribution >= 4 is 12.3 Å². The summed E-state index contributed by atoms with van der Waals surface area (Å²) >= 11 is 0. The van der Waals surface area contributed by atoms with Gasteiger partial charge in [0.2, 0.25) is 0 Å². The van der Waals surface area contributed by atoms with Crippen molar-refractivity contribution in [3.8, 4) is 0 Å². The molecule has 0 aromatic carbocycles. The molecule has 0 aromatic heterocycles.